The molecule has 0 saturated carbocycles. The predicted molar refractivity (Wildman–Crippen MR) is 90.0 cm³/mol. The molecule has 0 spiro atoms. The maximum Gasteiger partial charge on any atom is 0.233 e. The fraction of sp³-hybridized carbons (Fsp3) is 0.500. The molecule has 0 radical (unpaired) electrons. The lowest BCUT2D eigenvalue weighted by atomic mass is 10.0. The minimum atomic E-state index is 0.269. The number of carbonyl (C=O) groups is 1. The molecule has 0 N–H and O–H groups in total. The molecular weight excluding hydrogens is 300 g/mol. The van der Waals surface area contributed by atoms with Gasteiger partial charge in [0.15, 0.2) is 4.34 Å². The third-order valence-electron chi connectivity index (χ3n) is 4.01. The van der Waals surface area contributed by atoms with Crippen LogP contribution in [0.3, 0.4) is 0 Å². The number of carbonyl (C=O) groups excluding carboxylic acids is 1. The molecule has 0 aliphatic carbocycles. The molecule has 5 heteroatoms. The lowest BCUT2D eigenvalue weighted by Gasteiger charge is -2.35. The van der Waals surface area contributed by atoms with E-state index in [0.717, 1.165) is 35.7 Å². The second kappa shape index (κ2) is 6.79. The van der Waals surface area contributed by atoms with Crippen molar-refractivity contribution >= 4 is 39.2 Å². The van der Waals surface area contributed by atoms with E-state index < -0.39 is 0 Å². The van der Waals surface area contributed by atoms with Crippen LogP contribution in [0.15, 0.2) is 28.6 Å². The van der Waals surface area contributed by atoms with Gasteiger partial charge in [-0.2, -0.15) is 0 Å². The lowest BCUT2D eigenvalue weighted by molar-refractivity contribution is -0.132. The molecule has 1 aliphatic rings. The summed E-state index contributed by atoms with van der Waals surface area (Å²) in [6, 6.07) is 8.58. The van der Waals surface area contributed by atoms with Crippen LogP contribution < -0.4 is 0 Å². The summed E-state index contributed by atoms with van der Waals surface area (Å²) in [6.07, 6.45) is 4.63. The third kappa shape index (κ3) is 3.40. The van der Waals surface area contributed by atoms with Gasteiger partial charge < -0.3 is 4.90 Å². The van der Waals surface area contributed by atoms with E-state index >= 15 is 0 Å². The van der Waals surface area contributed by atoms with Crippen molar-refractivity contribution in [1.29, 1.82) is 0 Å². The second-order valence-electron chi connectivity index (χ2n) is 5.38. The van der Waals surface area contributed by atoms with Crippen LogP contribution in [-0.2, 0) is 4.79 Å². The van der Waals surface area contributed by atoms with Crippen molar-refractivity contribution in [2.45, 2.75) is 43.0 Å². The van der Waals surface area contributed by atoms with E-state index in [1.54, 1.807) is 23.1 Å². The van der Waals surface area contributed by atoms with Crippen LogP contribution in [0.4, 0.5) is 0 Å². The Morgan fingerprint density at radius 2 is 2.29 bits per heavy atom. The minimum absolute atomic E-state index is 0.269. The number of likely N-dealkylation sites (tertiary alicyclic amines) is 1. The van der Waals surface area contributed by atoms with E-state index in [1.807, 2.05) is 18.2 Å². The number of nitrogens with zero attached hydrogens (tertiary/aromatic N) is 2. The van der Waals surface area contributed by atoms with Gasteiger partial charge in [-0.25, -0.2) is 4.98 Å². The van der Waals surface area contributed by atoms with Crippen molar-refractivity contribution < 1.29 is 4.79 Å². The average Bonchev–Trinajstić information content (AvgIpc) is 2.95. The van der Waals surface area contributed by atoms with Gasteiger partial charge in [0, 0.05) is 12.6 Å². The lowest BCUT2D eigenvalue weighted by Crippen LogP contribution is -2.44. The summed E-state index contributed by atoms with van der Waals surface area (Å²) in [6.45, 7) is 3.11. The number of aromatic nitrogens is 1. The highest BCUT2D eigenvalue weighted by atomic mass is 32.2. The zero-order chi connectivity index (χ0) is 14.7. The van der Waals surface area contributed by atoms with Crippen LogP contribution in [0.25, 0.3) is 10.2 Å². The van der Waals surface area contributed by atoms with E-state index in [2.05, 4.69) is 22.9 Å². The number of hydrogen-bond acceptors (Lipinski definition) is 4. The highest BCUT2D eigenvalue weighted by molar-refractivity contribution is 8.01. The van der Waals surface area contributed by atoms with Crippen molar-refractivity contribution in [2.24, 2.45) is 0 Å². The molecule has 1 unspecified atom stereocenters. The van der Waals surface area contributed by atoms with Crippen LogP contribution in [0, 0.1) is 0 Å². The summed E-state index contributed by atoms with van der Waals surface area (Å²) in [7, 11) is 0. The number of hydrogen-bond donors (Lipinski definition) is 0. The molecule has 0 bridgehead atoms. The number of rotatable bonds is 4. The highest BCUT2D eigenvalue weighted by Crippen LogP contribution is 2.30. The molecule has 21 heavy (non-hydrogen) atoms. The minimum Gasteiger partial charge on any atom is -0.339 e. The largest absolute Gasteiger partial charge is 0.339 e. The molecular formula is C16H20N2OS2. The monoisotopic (exact) mass is 320 g/mol. The Hall–Kier alpha value is -1.07. The molecule has 112 valence electrons. The number of para-hydroxylation sites is 1. The third-order valence-corrected chi connectivity index (χ3v) is 6.18. The number of amides is 1. The van der Waals surface area contributed by atoms with Gasteiger partial charge in [0.1, 0.15) is 0 Å². The molecule has 1 saturated heterocycles. The molecule has 1 aromatic heterocycles. The van der Waals surface area contributed by atoms with Gasteiger partial charge in [-0.1, -0.05) is 30.8 Å². The van der Waals surface area contributed by atoms with E-state index in [4.69, 9.17) is 0 Å². The average molecular weight is 320 g/mol. The van der Waals surface area contributed by atoms with Crippen molar-refractivity contribution in [1.82, 2.24) is 9.88 Å². The summed E-state index contributed by atoms with van der Waals surface area (Å²) in [4.78, 5) is 19.1. The number of fused-ring (bicyclic) bond motifs is 1. The molecule has 1 aromatic carbocycles. The van der Waals surface area contributed by atoms with Crippen LogP contribution in [0.5, 0.6) is 0 Å². The molecule has 1 atom stereocenters. The zero-order valence-electron chi connectivity index (χ0n) is 12.2. The Morgan fingerprint density at radius 3 is 3.10 bits per heavy atom. The quantitative estimate of drug-likeness (QED) is 0.792. The van der Waals surface area contributed by atoms with Crippen LogP contribution in [0.2, 0.25) is 0 Å². The van der Waals surface area contributed by atoms with E-state index in [0.29, 0.717) is 11.8 Å². The van der Waals surface area contributed by atoms with E-state index in [1.165, 1.54) is 11.1 Å². The van der Waals surface area contributed by atoms with Gasteiger partial charge >= 0.3 is 0 Å². The normalized spacial score (nSPS) is 19.1. The van der Waals surface area contributed by atoms with Crippen molar-refractivity contribution in [2.75, 3.05) is 12.3 Å². The smallest absolute Gasteiger partial charge is 0.233 e. The van der Waals surface area contributed by atoms with Gasteiger partial charge in [-0.05, 0) is 37.8 Å². The van der Waals surface area contributed by atoms with Gasteiger partial charge in [0.05, 0.1) is 16.0 Å². The Bertz CT molecular complexity index is 593. The predicted octanol–water partition coefficient (Wildman–Crippen LogP) is 4.18. The summed E-state index contributed by atoms with van der Waals surface area (Å²) in [5, 5.41) is 0. The number of benzene rings is 1. The first-order chi connectivity index (χ1) is 10.3. The standard InChI is InChI=1S/C16H20N2OS2/c1-2-12-7-5-6-10-18(12)15(19)11-20-16-17-13-8-3-4-9-14(13)21-16/h3-4,8-9,12H,2,5-7,10-11H2,1H3. The molecule has 3 rings (SSSR count). The van der Waals surface area contributed by atoms with Gasteiger partial charge in [0.25, 0.3) is 0 Å². The Morgan fingerprint density at radius 1 is 1.43 bits per heavy atom. The maximum atomic E-state index is 12.4. The molecule has 1 fully saturated rings. The highest BCUT2D eigenvalue weighted by Gasteiger charge is 2.25. The summed E-state index contributed by atoms with van der Waals surface area (Å²) in [5.74, 6) is 0.780. The summed E-state index contributed by atoms with van der Waals surface area (Å²) >= 11 is 3.25. The molecule has 2 aromatic rings. The second-order valence-corrected chi connectivity index (χ2v) is 7.63. The molecule has 1 aliphatic heterocycles. The van der Waals surface area contributed by atoms with Crippen molar-refractivity contribution in [3.8, 4) is 0 Å². The van der Waals surface area contributed by atoms with Gasteiger partial charge in [-0.15, -0.1) is 11.3 Å². The van der Waals surface area contributed by atoms with Gasteiger partial charge in [-0.3, -0.25) is 4.79 Å². The topological polar surface area (TPSA) is 33.2 Å². The number of thiazole rings is 1. The van der Waals surface area contributed by atoms with Crippen molar-refractivity contribution in [3.05, 3.63) is 24.3 Å². The summed E-state index contributed by atoms with van der Waals surface area (Å²) < 4.78 is 2.19. The Labute approximate surface area is 133 Å². The zero-order valence-corrected chi connectivity index (χ0v) is 13.9. The molecule has 2 heterocycles. The number of thioether (sulfide) groups is 1. The maximum absolute atomic E-state index is 12.4. The van der Waals surface area contributed by atoms with Crippen LogP contribution in [-0.4, -0.2) is 34.1 Å². The number of piperidine rings is 1. The Balaban J connectivity index is 1.62. The summed E-state index contributed by atoms with van der Waals surface area (Å²) in [5.41, 5.74) is 1.03. The first-order valence-electron chi connectivity index (χ1n) is 7.55. The fourth-order valence-electron chi connectivity index (χ4n) is 2.87. The van der Waals surface area contributed by atoms with Crippen LogP contribution >= 0.6 is 23.1 Å². The van der Waals surface area contributed by atoms with Gasteiger partial charge in [0.2, 0.25) is 5.91 Å². The Kier molecular flexibility index (Phi) is 4.80. The van der Waals surface area contributed by atoms with E-state index in [-0.39, 0.29) is 5.91 Å². The van der Waals surface area contributed by atoms with E-state index in [9.17, 15) is 4.79 Å². The molecule has 1 amide bonds. The molecule has 3 nitrogen and oxygen atoms in total. The SMILES string of the molecule is CCC1CCCCN1C(=O)CSc1nc2ccccc2s1. The van der Waals surface area contributed by atoms with Crippen molar-refractivity contribution in [3.63, 3.8) is 0 Å². The first kappa shape index (κ1) is 14.9. The fourth-order valence-corrected chi connectivity index (χ4v) is 4.83. The first-order valence-corrected chi connectivity index (χ1v) is 9.36. The van der Waals surface area contributed by atoms with Crippen LogP contribution in [0.1, 0.15) is 32.6 Å².